The van der Waals surface area contributed by atoms with E-state index in [1.165, 1.54) is 0 Å². The zero-order chi connectivity index (χ0) is 15.7. The molecule has 0 aliphatic carbocycles. The fraction of sp³-hybridized carbons (Fsp3) is 0.235. The standard InChI is InChI=1S/C17H16BrNO3/c1-21-15-6-3-10(8-16(15)22-2)7-13-12-9-11(18)4-5-14(12)19-17(13)20/h3-6,8-9,13H,7H2,1-2H3,(H,19,20)/t13-/m0/s1. The molecule has 22 heavy (non-hydrogen) atoms. The fourth-order valence-corrected chi connectivity index (χ4v) is 3.12. The number of nitrogens with one attached hydrogen (secondary N) is 1. The molecule has 2 aromatic carbocycles. The van der Waals surface area contributed by atoms with Crippen molar-refractivity contribution in [1.82, 2.24) is 0 Å². The Balaban J connectivity index is 1.91. The first-order chi connectivity index (χ1) is 10.6. The van der Waals surface area contributed by atoms with Crippen molar-refractivity contribution in [3.63, 3.8) is 0 Å². The second-order valence-corrected chi connectivity index (χ2v) is 6.08. The Kier molecular flexibility index (Phi) is 4.07. The molecule has 0 bridgehead atoms. The Bertz CT molecular complexity index is 730. The molecule has 0 saturated carbocycles. The molecule has 0 radical (unpaired) electrons. The van der Waals surface area contributed by atoms with Crippen LogP contribution in [0.4, 0.5) is 5.69 Å². The lowest BCUT2D eigenvalue weighted by atomic mass is 9.93. The molecule has 114 valence electrons. The fourth-order valence-electron chi connectivity index (χ4n) is 2.74. The minimum absolute atomic E-state index is 0.0304. The molecule has 2 aromatic rings. The van der Waals surface area contributed by atoms with Crippen molar-refractivity contribution in [1.29, 1.82) is 0 Å². The van der Waals surface area contributed by atoms with E-state index in [0.717, 1.165) is 21.3 Å². The highest BCUT2D eigenvalue weighted by Gasteiger charge is 2.30. The van der Waals surface area contributed by atoms with Gasteiger partial charge in [-0.1, -0.05) is 22.0 Å². The molecule has 4 nitrogen and oxygen atoms in total. The van der Waals surface area contributed by atoms with Gasteiger partial charge < -0.3 is 14.8 Å². The Morgan fingerprint density at radius 3 is 2.59 bits per heavy atom. The van der Waals surface area contributed by atoms with Gasteiger partial charge in [-0.05, 0) is 47.9 Å². The smallest absolute Gasteiger partial charge is 0.232 e. The van der Waals surface area contributed by atoms with Crippen LogP contribution in [0.25, 0.3) is 0 Å². The molecule has 0 spiro atoms. The van der Waals surface area contributed by atoms with E-state index < -0.39 is 0 Å². The monoisotopic (exact) mass is 361 g/mol. The van der Waals surface area contributed by atoms with Gasteiger partial charge in [0.15, 0.2) is 11.5 Å². The lowest BCUT2D eigenvalue weighted by Crippen LogP contribution is -2.14. The van der Waals surface area contributed by atoms with E-state index in [4.69, 9.17) is 9.47 Å². The highest BCUT2D eigenvalue weighted by atomic mass is 79.9. The maximum atomic E-state index is 12.2. The molecule has 1 aliphatic rings. The van der Waals surface area contributed by atoms with Gasteiger partial charge in [-0.3, -0.25) is 4.79 Å². The molecule has 0 saturated heterocycles. The van der Waals surface area contributed by atoms with Gasteiger partial charge in [-0.25, -0.2) is 0 Å². The summed E-state index contributed by atoms with van der Waals surface area (Å²) in [5.41, 5.74) is 2.94. The highest BCUT2D eigenvalue weighted by molar-refractivity contribution is 9.10. The van der Waals surface area contributed by atoms with Crippen molar-refractivity contribution in [2.75, 3.05) is 19.5 Å². The molecule has 1 atom stereocenters. The maximum Gasteiger partial charge on any atom is 0.232 e. The SMILES string of the molecule is COc1ccc(C[C@@H]2C(=O)Nc3ccc(Br)cc32)cc1OC. The lowest BCUT2D eigenvalue weighted by molar-refractivity contribution is -0.117. The summed E-state index contributed by atoms with van der Waals surface area (Å²) in [5, 5.41) is 2.93. The van der Waals surface area contributed by atoms with Crippen molar-refractivity contribution >= 4 is 27.5 Å². The summed E-state index contributed by atoms with van der Waals surface area (Å²) >= 11 is 3.46. The first kappa shape index (κ1) is 14.9. The quantitative estimate of drug-likeness (QED) is 0.901. The van der Waals surface area contributed by atoms with Gasteiger partial charge in [-0.15, -0.1) is 0 Å². The number of fused-ring (bicyclic) bond motifs is 1. The van der Waals surface area contributed by atoms with Gasteiger partial charge in [0.2, 0.25) is 5.91 Å². The summed E-state index contributed by atoms with van der Waals surface area (Å²) in [6.45, 7) is 0. The van der Waals surface area contributed by atoms with E-state index in [1.54, 1.807) is 14.2 Å². The predicted molar refractivity (Wildman–Crippen MR) is 88.8 cm³/mol. The number of halogens is 1. The Morgan fingerprint density at radius 1 is 1.09 bits per heavy atom. The van der Waals surface area contributed by atoms with Gasteiger partial charge >= 0.3 is 0 Å². The summed E-state index contributed by atoms with van der Waals surface area (Å²) in [6.07, 6.45) is 0.621. The van der Waals surface area contributed by atoms with E-state index in [0.29, 0.717) is 17.9 Å². The normalized spacial score (nSPS) is 16.1. The van der Waals surface area contributed by atoms with Gasteiger partial charge in [0.1, 0.15) is 0 Å². The van der Waals surface area contributed by atoms with Crippen molar-refractivity contribution in [3.05, 3.63) is 52.0 Å². The van der Waals surface area contributed by atoms with Crippen molar-refractivity contribution in [2.45, 2.75) is 12.3 Å². The molecule has 0 fully saturated rings. The van der Waals surface area contributed by atoms with E-state index in [9.17, 15) is 4.79 Å². The van der Waals surface area contributed by atoms with Crippen LogP contribution in [0.1, 0.15) is 17.0 Å². The number of rotatable bonds is 4. The van der Waals surface area contributed by atoms with Crippen molar-refractivity contribution in [3.8, 4) is 11.5 Å². The van der Waals surface area contributed by atoms with Crippen LogP contribution in [0.15, 0.2) is 40.9 Å². The number of methoxy groups -OCH3 is 2. The topological polar surface area (TPSA) is 47.6 Å². The second-order valence-electron chi connectivity index (χ2n) is 5.17. The minimum atomic E-state index is -0.189. The molecular formula is C17H16BrNO3. The van der Waals surface area contributed by atoms with Crippen LogP contribution in [-0.2, 0) is 11.2 Å². The number of hydrogen-bond acceptors (Lipinski definition) is 3. The first-order valence-electron chi connectivity index (χ1n) is 6.93. The average Bonchev–Trinajstić information content (AvgIpc) is 2.83. The third-order valence-corrected chi connectivity index (χ3v) is 4.34. The molecule has 1 N–H and O–H groups in total. The molecule has 0 aromatic heterocycles. The van der Waals surface area contributed by atoms with Crippen LogP contribution in [0.2, 0.25) is 0 Å². The molecule has 0 unspecified atom stereocenters. The highest BCUT2D eigenvalue weighted by Crippen LogP contribution is 2.37. The number of anilines is 1. The maximum absolute atomic E-state index is 12.2. The molecular weight excluding hydrogens is 346 g/mol. The van der Waals surface area contributed by atoms with E-state index >= 15 is 0 Å². The van der Waals surface area contributed by atoms with Gasteiger partial charge in [0.25, 0.3) is 0 Å². The molecule has 3 rings (SSSR count). The number of benzene rings is 2. The van der Waals surface area contributed by atoms with Crippen LogP contribution in [0.3, 0.4) is 0 Å². The van der Waals surface area contributed by atoms with Crippen LogP contribution < -0.4 is 14.8 Å². The molecule has 5 heteroatoms. The van der Waals surface area contributed by atoms with Gasteiger partial charge in [-0.2, -0.15) is 0 Å². The molecule has 1 heterocycles. The summed E-state index contributed by atoms with van der Waals surface area (Å²) in [7, 11) is 3.21. The third-order valence-electron chi connectivity index (χ3n) is 3.85. The van der Waals surface area contributed by atoms with Crippen molar-refractivity contribution < 1.29 is 14.3 Å². The lowest BCUT2D eigenvalue weighted by Gasteiger charge is -2.12. The first-order valence-corrected chi connectivity index (χ1v) is 7.73. The molecule has 1 aliphatic heterocycles. The number of carbonyl (C=O) groups is 1. The number of ether oxygens (including phenoxy) is 2. The Morgan fingerprint density at radius 2 is 1.86 bits per heavy atom. The Hall–Kier alpha value is -2.01. The van der Waals surface area contributed by atoms with Crippen LogP contribution >= 0.6 is 15.9 Å². The average molecular weight is 362 g/mol. The largest absolute Gasteiger partial charge is 0.493 e. The van der Waals surface area contributed by atoms with Crippen LogP contribution in [0, 0.1) is 0 Å². The number of hydrogen-bond donors (Lipinski definition) is 1. The van der Waals surface area contributed by atoms with Crippen LogP contribution in [-0.4, -0.2) is 20.1 Å². The number of amides is 1. The predicted octanol–water partition coefficient (Wildman–Crippen LogP) is 3.74. The van der Waals surface area contributed by atoms with E-state index in [2.05, 4.69) is 21.2 Å². The Labute approximate surface area is 137 Å². The third kappa shape index (κ3) is 2.68. The van der Waals surface area contributed by atoms with E-state index in [1.807, 2.05) is 36.4 Å². The van der Waals surface area contributed by atoms with Gasteiger partial charge in [0, 0.05) is 10.2 Å². The molecule has 1 amide bonds. The summed E-state index contributed by atoms with van der Waals surface area (Å²) < 4.78 is 11.5. The zero-order valence-electron chi connectivity index (χ0n) is 12.4. The second kappa shape index (κ2) is 6.01. The summed E-state index contributed by atoms with van der Waals surface area (Å²) in [4.78, 5) is 12.2. The minimum Gasteiger partial charge on any atom is -0.493 e. The van der Waals surface area contributed by atoms with Gasteiger partial charge in [0.05, 0.1) is 20.1 Å². The zero-order valence-corrected chi connectivity index (χ0v) is 13.9. The summed E-state index contributed by atoms with van der Waals surface area (Å²) in [5.74, 6) is 1.20. The number of carbonyl (C=O) groups excluding carboxylic acids is 1. The van der Waals surface area contributed by atoms with E-state index in [-0.39, 0.29) is 11.8 Å². The van der Waals surface area contributed by atoms with Crippen molar-refractivity contribution in [2.24, 2.45) is 0 Å². The van der Waals surface area contributed by atoms with Crippen LogP contribution in [0.5, 0.6) is 11.5 Å². The summed E-state index contributed by atoms with van der Waals surface area (Å²) in [6, 6.07) is 11.6.